The number of hydrogen-bond acceptors (Lipinski definition) is 4. The van der Waals surface area contributed by atoms with Gasteiger partial charge < -0.3 is 16.0 Å². The predicted octanol–water partition coefficient (Wildman–Crippen LogP) is 1.35. The van der Waals surface area contributed by atoms with Crippen molar-refractivity contribution in [2.75, 3.05) is 11.1 Å². The molecule has 0 unspecified atom stereocenters. The summed E-state index contributed by atoms with van der Waals surface area (Å²) in [5.74, 6) is 0.835. The van der Waals surface area contributed by atoms with E-state index in [0.717, 1.165) is 0 Å². The van der Waals surface area contributed by atoms with Crippen molar-refractivity contribution in [3.8, 4) is 0 Å². The fourth-order valence-corrected chi connectivity index (χ4v) is 1.06. The average Bonchev–Trinajstić information content (AvgIpc) is 1.81. The highest BCUT2D eigenvalue weighted by Crippen LogP contribution is 2.03. The van der Waals surface area contributed by atoms with Gasteiger partial charge in [0, 0.05) is 6.07 Å². The lowest BCUT2D eigenvalue weighted by molar-refractivity contribution is 1.17. The first-order valence-corrected chi connectivity index (χ1v) is 4.21. The topological polar surface area (TPSA) is 66.7 Å². The molecular weight excluding hydrogens is 212 g/mol. The number of thiol groups is 1. The fourth-order valence-electron chi connectivity index (χ4n) is 0.637. The molecule has 0 saturated heterocycles. The summed E-state index contributed by atoms with van der Waals surface area (Å²) >= 11 is 13.4. The summed E-state index contributed by atoms with van der Waals surface area (Å²) in [6, 6.07) is 1.54. The summed E-state index contributed by atoms with van der Waals surface area (Å²) in [7, 11) is 0. The van der Waals surface area contributed by atoms with Gasteiger partial charge in [0.15, 0.2) is 0 Å². The van der Waals surface area contributed by atoms with E-state index in [1.807, 2.05) is 0 Å². The summed E-state index contributed by atoms with van der Waals surface area (Å²) in [6.07, 6.45) is 0. The first-order valence-electron chi connectivity index (χ1n) is 2.95. The van der Waals surface area contributed by atoms with Crippen molar-refractivity contribution in [3.63, 3.8) is 0 Å². The van der Waals surface area contributed by atoms with Gasteiger partial charge in [0.1, 0.15) is 14.8 Å². The largest absolute Gasteiger partial charge is 0.385 e. The van der Waals surface area contributed by atoms with Crippen LogP contribution in [0.3, 0.4) is 0 Å². The highest BCUT2D eigenvalue weighted by atomic mass is 32.1. The highest BCUT2D eigenvalue weighted by Gasteiger charge is 1.95. The Morgan fingerprint density at radius 1 is 1.75 bits per heavy atom. The zero-order valence-electron chi connectivity index (χ0n) is 5.87. The standard InChI is InChI=1S/C5H6N4S3/c6-2-1-3(10)8-4(7-2)9-5(11)12/h1H,(H5,6,7,8,9,10,11,12). The first kappa shape index (κ1) is 9.43. The second kappa shape index (κ2) is 3.83. The second-order valence-electron chi connectivity index (χ2n) is 1.95. The monoisotopic (exact) mass is 218 g/mol. The van der Waals surface area contributed by atoms with Crippen molar-refractivity contribution in [2.45, 2.75) is 0 Å². The van der Waals surface area contributed by atoms with Crippen LogP contribution in [0.1, 0.15) is 0 Å². The molecule has 1 heterocycles. The molecule has 0 bridgehead atoms. The number of nitrogen functional groups attached to an aromatic ring is 1. The van der Waals surface area contributed by atoms with Gasteiger partial charge in [-0.3, -0.25) is 0 Å². The van der Waals surface area contributed by atoms with Gasteiger partial charge in [-0.25, -0.2) is 4.98 Å². The number of thiocarbonyl (C=S) groups is 1. The molecule has 0 radical (unpaired) electrons. The summed E-state index contributed by atoms with van der Waals surface area (Å²) in [5, 5.41) is 2.67. The molecule has 0 saturated carbocycles. The quantitative estimate of drug-likeness (QED) is 0.423. The molecule has 0 atom stereocenters. The van der Waals surface area contributed by atoms with Crippen molar-refractivity contribution in [1.82, 2.24) is 9.97 Å². The Hall–Kier alpha value is -0.660. The number of rotatable bonds is 1. The van der Waals surface area contributed by atoms with Crippen LogP contribution >= 0.6 is 37.1 Å². The zero-order chi connectivity index (χ0) is 9.14. The summed E-state index contributed by atoms with van der Waals surface area (Å²) in [5.41, 5.74) is 5.46. The van der Waals surface area contributed by atoms with Crippen LogP contribution in [0.5, 0.6) is 0 Å². The van der Waals surface area contributed by atoms with E-state index in [2.05, 4.69) is 40.1 Å². The van der Waals surface area contributed by atoms with Gasteiger partial charge >= 0.3 is 0 Å². The summed E-state index contributed by atoms with van der Waals surface area (Å²) in [6.45, 7) is 0. The van der Waals surface area contributed by atoms with E-state index in [0.29, 0.717) is 20.7 Å². The van der Waals surface area contributed by atoms with Crippen molar-refractivity contribution < 1.29 is 0 Å². The lowest BCUT2D eigenvalue weighted by Crippen LogP contribution is -2.06. The average molecular weight is 218 g/mol. The number of nitrogens with one attached hydrogen (secondary N) is 2. The van der Waals surface area contributed by atoms with E-state index in [1.54, 1.807) is 6.07 Å². The molecule has 64 valence electrons. The maximum Gasteiger partial charge on any atom is 0.208 e. The minimum absolute atomic E-state index is 0.304. The third kappa shape index (κ3) is 2.76. The number of anilines is 2. The molecule has 0 fully saturated rings. The molecule has 4 N–H and O–H groups in total. The maximum absolute atomic E-state index is 5.46. The second-order valence-corrected chi connectivity index (χ2v) is 3.53. The Labute approximate surface area is 85.0 Å². The van der Waals surface area contributed by atoms with Crippen LogP contribution in [0, 0.1) is 4.64 Å². The van der Waals surface area contributed by atoms with Crippen molar-refractivity contribution >= 4 is 53.2 Å². The van der Waals surface area contributed by atoms with E-state index < -0.39 is 0 Å². The molecule has 0 spiro atoms. The van der Waals surface area contributed by atoms with Crippen LogP contribution in [-0.4, -0.2) is 14.3 Å². The molecule has 4 nitrogen and oxygen atoms in total. The van der Waals surface area contributed by atoms with Crippen molar-refractivity contribution in [3.05, 3.63) is 10.7 Å². The van der Waals surface area contributed by atoms with Crippen molar-refractivity contribution in [2.24, 2.45) is 0 Å². The Morgan fingerprint density at radius 3 is 2.92 bits per heavy atom. The van der Waals surface area contributed by atoms with Crippen LogP contribution in [0.25, 0.3) is 0 Å². The SMILES string of the molecule is Nc1cc(=S)nc(NC(=S)S)[nH]1. The van der Waals surface area contributed by atoms with Gasteiger partial charge in [0.2, 0.25) is 5.95 Å². The minimum Gasteiger partial charge on any atom is -0.385 e. The number of nitrogens with two attached hydrogens (primary N) is 1. The first-order chi connectivity index (χ1) is 5.58. The lowest BCUT2D eigenvalue weighted by Gasteiger charge is -2.02. The number of aromatic nitrogens is 2. The van der Waals surface area contributed by atoms with Gasteiger partial charge in [-0.1, -0.05) is 24.4 Å². The molecule has 7 heteroatoms. The molecular formula is C5H6N4S3. The maximum atomic E-state index is 5.46. The van der Waals surface area contributed by atoms with Crippen molar-refractivity contribution in [1.29, 1.82) is 0 Å². The Morgan fingerprint density at radius 2 is 2.42 bits per heavy atom. The molecule has 0 aliphatic heterocycles. The minimum atomic E-state index is 0.304. The Balaban J connectivity index is 3.01. The molecule has 0 aliphatic carbocycles. The summed E-state index contributed by atoms with van der Waals surface area (Å²) < 4.78 is 0.706. The van der Waals surface area contributed by atoms with E-state index in [4.69, 9.17) is 18.0 Å². The van der Waals surface area contributed by atoms with Gasteiger partial charge in [0.05, 0.1) is 0 Å². The molecule has 0 aromatic carbocycles. The molecule has 0 aliphatic rings. The van der Waals surface area contributed by atoms with E-state index >= 15 is 0 Å². The smallest absolute Gasteiger partial charge is 0.208 e. The van der Waals surface area contributed by atoms with Gasteiger partial charge in [-0.05, 0) is 0 Å². The summed E-state index contributed by atoms with van der Waals surface area (Å²) in [4.78, 5) is 6.64. The van der Waals surface area contributed by atoms with Gasteiger partial charge in [0.25, 0.3) is 0 Å². The highest BCUT2D eigenvalue weighted by molar-refractivity contribution is 8.11. The molecule has 1 rings (SSSR count). The van der Waals surface area contributed by atoms with Crippen LogP contribution in [0.4, 0.5) is 11.8 Å². The van der Waals surface area contributed by atoms with Crippen LogP contribution < -0.4 is 11.1 Å². The van der Waals surface area contributed by atoms with Gasteiger partial charge in [-0.2, -0.15) is 0 Å². The van der Waals surface area contributed by atoms with E-state index in [1.165, 1.54) is 0 Å². The molecule has 1 aromatic rings. The predicted molar refractivity (Wildman–Crippen MR) is 59.0 cm³/mol. The number of aromatic amines is 1. The number of nitrogens with zero attached hydrogens (tertiary/aromatic N) is 1. The van der Waals surface area contributed by atoms with Gasteiger partial charge in [-0.15, -0.1) is 12.6 Å². The number of hydrogen-bond donors (Lipinski definition) is 4. The lowest BCUT2D eigenvalue weighted by atomic mass is 10.6. The zero-order valence-corrected chi connectivity index (χ0v) is 8.39. The number of H-pyrrole nitrogens is 1. The Kier molecular flexibility index (Phi) is 3.01. The van der Waals surface area contributed by atoms with Crippen LogP contribution in [0.15, 0.2) is 6.07 Å². The third-order valence-corrected chi connectivity index (χ3v) is 1.41. The third-order valence-electron chi connectivity index (χ3n) is 0.989. The molecule has 12 heavy (non-hydrogen) atoms. The molecule has 0 amide bonds. The van der Waals surface area contributed by atoms with Crippen LogP contribution in [0.2, 0.25) is 0 Å². The van der Waals surface area contributed by atoms with Crippen LogP contribution in [-0.2, 0) is 0 Å². The molecule has 1 aromatic heterocycles. The van der Waals surface area contributed by atoms with E-state index in [9.17, 15) is 0 Å². The van der Waals surface area contributed by atoms with E-state index in [-0.39, 0.29) is 0 Å². The normalized spacial score (nSPS) is 9.42. The fraction of sp³-hybridized carbons (Fsp3) is 0. The Bertz CT molecular complexity index is 358.